The van der Waals surface area contributed by atoms with Crippen LogP contribution in [0.5, 0.6) is 11.5 Å². The smallest absolute Gasteiger partial charge is 0.214 e. The Bertz CT molecular complexity index is 800. The number of hydrogen-bond acceptors (Lipinski definition) is 3. The molecular formula is C12H5I3O3S. The number of para-hydroxylation sites is 1. The fourth-order valence-corrected chi connectivity index (χ4v) is 5.95. The van der Waals surface area contributed by atoms with E-state index < -0.39 is 9.84 Å². The minimum absolute atomic E-state index is 0.232. The summed E-state index contributed by atoms with van der Waals surface area (Å²) >= 11 is 6.46. The molecule has 1 aliphatic rings. The molecule has 0 bridgehead atoms. The molecule has 19 heavy (non-hydrogen) atoms. The van der Waals surface area contributed by atoms with E-state index in [4.69, 9.17) is 4.74 Å². The zero-order valence-electron chi connectivity index (χ0n) is 9.15. The molecule has 3 nitrogen and oxygen atoms in total. The van der Waals surface area contributed by atoms with Gasteiger partial charge in [-0.25, -0.2) is 8.42 Å². The first-order chi connectivity index (χ1) is 8.93. The van der Waals surface area contributed by atoms with Crippen LogP contribution >= 0.6 is 67.8 Å². The van der Waals surface area contributed by atoms with Gasteiger partial charge in [0, 0.05) is 7.14 Å². The first-order valence-electron chi connectivity index (χ1n) is 5.12. The Hall–Kier alpha value is 0.380. The van der Waals surface area contributed by atoms with Crippen molar-refractivity contribution in [2.75, 3.05) is 0 Å². The monoisotopic (exact) mass is 610 g/mol. The summed E-state index contributed by atoms with van der Waals surface area (Å²) in [4.78, 5) is 0.482. The van der Waals surface area contributed by atoms with Gasteiger partial charge in [-0.3, -0.25) is 0 Å². The minimum Gasteiger partial charge on any atom is -0.453 e. The molecule has 1 heterocycles. The van der Waals surface area contributed by atoms with Gasteiger partial charge in [0.2, 0.25) is 9.84 Å². The quantitative estimate of drug-likeness (QED) is 0.280. The van der Waals surface area contributed by atoms with E-state index in [1.165, 1.54) is 0 Å². The lowest BCUT2D eigenvalue weighted by Gasteiger charge is -2.22. The van der Waals surface area contributed by atoms with E-state index in [9.17, 15) is 8.42 Å². The van der Waals surface area contributed by atoms with E-state index in [-0.39, 0.29) is 9.79 Å². The molecule has 98 valence electrons. The molecule has 0 amide bonds. The largest absolute Gasteiger partial charge is 0.453 e. The van der Waals surface area contributed by atoms with E-state index in [2.05, 4.69) is 67.8 Å². The molecule has 0 spiro atoms. The number of halogens is 3. The molecule has 0 saturated carbocycles. The van der Waals surface area contributed by atoms with Gasteiger partial charge >= 0.3 is 0 Å². The third-order valence-corrected chi connectivity index (χ3v) is 9.59. The number of rotatable bonds is 0. The van der Waals surface area contributed by atoms with E-state index in [0.29, 0.717) is 11.5 Å². The van der Waals surface area contributed by atoms with E-state index >= 15 is 0 Å². The molecule has 0 radical (unpaired) electrons. The molecule has 3 rings (SSSR count). The highest BCUT2D eigenvalue weighted by molar-refractivity contribution is 14.1. The molecule has 0 saturated heterocycles. The summed E-state index contributed by atoms with van der Waals surface area (Å²) in [7, 11) is -3.50. The van der Waals surface area contributed by atoms with Crippen LogP contribution in [0.3, 0.4) is 0 Å². The average molecular weight is 610 g/mol. The average Bonchev–Trinajstić information content (AvgIpc) is 2.38. The number of fused-ring (bicyclic) bond motifs is 2. The maximum absolute atomic E-state index is 12.6. The van der Waals surface area contributed by atoms with Gasteiger partial charge < -0.3 is 4.74 Å². The zero-order valence-corrected chi connectivity index (χ0v) is 16.4. The second kappa shape index (κ2) is 4.98. The van der Waals surface area contributed by atoms with Crippen LogP contribution in [0.25, 0.3) is 0 Å². The Balaban J connectivity index is 2.41. The molecule has 7 heteroatoms. The van der Waals surface area contributed by atoms with E-state index in [1.807, 2.05) is 0 Å². The Labute approximate surface area is 151 Å². The Morgan fingerprint density at radius 2 is 1.63 bits per heavy atom. The molecule has 2 aromatic rings. The molecular weight excluding hydrogens is 605 g/mol. The standard InChI is InChI=1S/C12H5I3O3S/c13-6-5-9-12(11(15)10(6)14)18-7-3-1-2-4-8(7)19(9,16)17/h1-5H. The van der Waals surface area contributed by atoms with Gasteiger partial charge in [-0.05, 0) is 86.0 Å². The van der Waals surface area contributed by atoms with Gasteiger partial charge in [0.1, 0.15) is 15.5 Å². The lowest BCUT2D eigenvalue weighted by atomic mass is 10.3. The summed E-state index contributed by atoms with van der Waals surface area (Å²) < 4.78 is 33.8. The third-order valence-electron chi connectivity index (χ3n) is 2.72. The first-order valence-corrected chi connectivity index (χ1v) is 9.84. The Kier molecular flexibility index (Phi) is 3.76. The molecule has 2 aromatic carbocycles. The fourth-order valence-electron chi connectivity index (χ4n) is 1.84. The van der Waals surface area contributed by atoms with Gasteiger partial charge in [0.25, 0.3) is 0 Å². The van der Waals surface area contributed by atoms with Crippen molar-refractivity contribution >= 4 is 77.6 Å². The summed E-state index contributed by atoms with van der Waals surface area (Å²) in [6.07, 6.45) is 0. The van der Waals surface area contributed by atoms with Crippen LogP contribution in [0.1, 0.15) is 0 Å². The maximum atomic E-state index is 12.6. The summed E-state index contributed by atoms with van der Waals surface area (Å²) in [5, 5.41) is 0. The van der Waals surface area contributed by atoms with Crippen molar-refractivity contribution in [1.29, 1.82) is 0 Å². The number of benzene rings is 2. The van der Waals surface area contributed by atoms with Crippen LogP contribution < -0.4 is 4.74 Å². The lowest BCUT2D eigenvalue weighted by molar-refractivity contribution is 0.439. The highest BCUT2D eigenvalue weighted by Gasteiger charge is 2.33. The van der Waals surface area contributed by atoms with Crippen LogP contribution in [-0.2, 0) is 9.84 Å². The van der Waals surface area contributed by atoms with Gasteiger partial charge in [-0.2, -0.15) is 0 Å². The first kappa shape index (κ1) is 14.3. The highest BCUT2D eigenvalue weighted by Crippen LogP contribution is 2.46. The molecule has 1 aliphatic heterocycles. The lowest BCUT2D eigenvalue weighted by Crippen LogP contribution is -2.13. The number of hydrogen-bond donors (Lipinski definition) is 0. The van der Waals surface area contributed by atoms with Crippen LogP contribution in [-0.4, -0.2) is 8.42 Å². The van der Waals surface area contributed by atoms with Crippen molar-refractivity contribution in [1.82, 2.24) is 0 Å². The summed E-state index contributed by atoms with van der Waals surface area (Å²) in [5.74, 6) is 0.828. The third kappa shape index (κ3) is 2.20. The predicted molar refractivity (Wildman–Crippen MR) is 96.6 cm³/mol. The van der Waals surface area contributed by atoms with Gasteiger partial charge in [-0.15, -0.1) is 0 Å². The van der Waals surface area contributed by atoms with Crippen LogP contribution in [0.15, 0.2) is 40.1 Å². The molecule has 0 atom stereocenters. The van der Waals surface area contributed by atoms with Crippen molar-refractivity contribution in [3.8, 4) is 11.5 Å². The van der Waals surface area contributed by atoms with E-state index in [1.54, 1.807) is 30.3 Å². The SMILES string of the molecule is O=S1(=O)c2ccccc2Oc2c1cc(I)c(I)c2I. The molecule has 0 fully saturated rings. The van der Waals surface area contributed by atoms with E-state index in [0.717, 1.165) is 10.7 Å². The Morgan fingerprint density at radius 1 is 0.947 bits per heavy atom. The topological polar surface area (TPSA) is 43.4 Å². The highest BCUT2D eigenvalue weighted by atomic mass is 127. The van der Waals surface area contributed by atoms with Gasteiger partial charge in [0.05, 0.1) is 3.57 Å². The van der Waals surface area contributed by atoms with Gasteiger partial charge in [-0.1, -0.05) is 12.1 Å². The molecule has 0 aromatic heterocycles. The van der Waals surface area contributed by atoms with Crippen LogP contribution in [0.4, 0.5) is 0 Å². The number of sulfone groups is 1. The normalized spacial score (nSPS) is 15.3. The summed E-state index contributed by atoms with van der Waals surface area (Å²) in [5.41, 5.74) is 0. The van der Waals surface area contributed by atoms with Crippen molar-refractivity contribution in [2.45, 2.75) is 9.79 Å². The Morgan fingerprint density at radius 3 is 2.37 bits per heavy atom. The number of ether oxygens (including phenoxy) is 1. The van der Waals surface area contributed by atoms with Crippen molar-refractivity contribution in [2.24, 2.45) is 0 Å². The van der Waals surface area contributed by atoms with Crippen molar-refractivity contribution < 1.29 is 13.2 Å². The van der Waals surface area contributed by atoms with Crippen LogP contribution in [0.2, 0.25) is 0 Å². The van der Waals surface area contributed by atoms with Crippen molar-refractivity contribution in [3.05, 3.63) is 41.0 Å². The van der Waals surface area contributed by atoms with Crippen LogP contribution in [0, 0.1) is 10.7 Å². The minimum atomic E-state index is -3.50. The maximum Gasteiger partial charge on any atom is 0.214 e. The van der Waals surface area contributed by atoms with Gasteiger partial charge in [0.15, 0.2) is 5.75 Å². The summed E-state index contributed by atoms with van der Waals surface area (Å²) in [6, 6.07) is 8.39. The second-order valence-corrected chi connectivity index (χ2v) is 9.07. The molecule has 0 unspecified atom stereocenters. The second-order valence-electron chi connectivity index (χ2n) is 3.87. The molecule has 0 aliphatic carbocycles. The predicted octanol–water partition coefficient (Wildman–Crippen LogP) is 4.44. The zero-order chi connectivity index (χ0) is 13.8. The molecule has 0 N–H and O–H groups in total. The van der Waals surface area contributed by atoms with Crippen molar-refractivity contribution in [3.63, 3.8) is 0 Å². The summed E-state index contributed by atoms with van der Waals surface area (Å²) in [6.45, 7) is 0. The fraction of sp³-hybridized carbons (Fsp3) is 0.